The maximum atomic E-state index is 12.5. The van der Waals surface area contributed by atoms with Crippen molar-refractivity contribution in [2.75, 3.05) is 0 Å². The molecule has 3 aromatic carbocycles. The smallest absolute Gasteiger partial charge is 0.270 e. The number of allylic oxidation sites excluding steroid dienone is 1. The third-order valence-corrected chi connectivity index (χ3v) is 5.38. The molecule has 0 radical (unpaired) electrons. The van der Waals surface area contributed by atoms with Crippen LogP contribution in [0.25, 0.3) is 39.5 Å². The summed E-state index contributed by atoms with van der Waals surface area (Å²) in [4.78, 5) is 30.5. The van der Waals surface area contributed by atoms with Crippen LogP contribution in [0.1, 0.15) is 11.4 Å². The number of nitro benzene ring substituents is 1. The van der Waals surface area contributed by atoms with E-state index in [1.807, 2.05) is 30.3 Å². The first-order chi connectivity index (χ1) is 17.0. The predicted octanol–water partition coefficient (Wildman–Crippen LogP) is 4.75. The van der Waals surface area contributed by atoms with Crippen molar-refractivity contribution in [3.8, 4) is 23.0 Å². The molecular weight excluding hydrogens is 444 g/mol. The minimum absolute atomic E-state index is 0.0762. The highest BCUT2D eigenvalue weighted by Crippen LogP contribution is 2.29. The Labute approximate surface area is 198 Å². The van der Waals surface area contributed by atoms with Gasteiger partial charge in [-0.25, -0.2) is 9.67 Å². The fourth-order valence-electron chi connectivity index (χ4n) is 3.72. The van der Waals surface area contributed by atoms with Gasteiger partial charge in [-0.3, -0.25) is 14.9 Å². The summed E-state index contributed by atoms with van der Waals surface area (Å²) >= 11 is 0. The zero-order valence-corrected chi connectivity index (χ0v) is 18.1. The Kier molecular flexibility index (Phi) is 5.45. The Hall–Kier alpha value is -5.36. The van der Waals surface area contributed by atoms with Gasteiger partial charge in [-0.2, -0.15) is 10.4 Å². The number of H-pyrrole nitrogens is 1. The molecule has 0 bridgehead atoms. The monoisotopic (exact) mass is 460 g/mol. The molecule has 0 aliphatic rings. The lowest BCUT2D eigenvalue weighted by Gasteiger charge is -2.03. The Morgan fingerprint density at radius 3 is 2.60 bits per heavy atom. The lowest BCUT2D eigenvalue weighted by Crippen LogP contribution is -2.11. The predicted molar refractivity (Wildman–Crippen MR) is 132 cm³/mol. The van der Waals surface area contributed by atoms with Crippen molar-refractivity contribution < 1.29 is 4.92 Å². The summed E-state index contributed by atoms with van der Waals surface area (Å²) < 4.78 is 1.63. The number of para-hydroxylation sites is 2. The summed E-state index contributed by atoms with van der Waals surface area (Å²) in [6.07, 6.45) is 3.29. The molecule has 0 aliphatic heterocycles. The number of aromatic amines is 1. The van der Waals surface area contributed by atoms with E-state index >= 15 is 0 Å². The van der Waals surface area contributed by atoms with E-state index in [1.165, 1.54) is 12.1 Å². The molecule has 9 heteroatoms. The summed E-state index contributed by atoms with van der Waals surface area (Å²) in [5, 5.41) is 26.3. The number of rotatable bonds is 5. The third kappa shape index (κ3) is 4.19. The summed E-state index contributed by atoms with van der Waals surface area (Å²) in [6, 6.07) is 24.4. The van der Waals surface area contributed by atoms with Gasteiger partial charge in [0.15, 0.2) is 5.82 Å². The number of non-ortho nitro benzene ring substituents is 1. The van der Waals surface area contributed by atoms with Gasteiger partial charge in [0.05, 0.1) is 27.1 Å². The van der Waals surface area contributed by atoms with E-state index in [0.717, 1.165) is 5.69 Å². The molecule has 5 aromatic rings. The van der Waals surface area contributed by atoms with Gasteiger partial charge in [-0.15, -0.1) is 0 Å². The number of nitrogens with zero attached hydrogens (tertiary/aromatic N) is 5. The zero-order valence-electron chi connectivity index (χ0n) is 18.1. The van der Waals surface area contributed by atoms with Crippen molar-refractivity contribution in [1.82, 2.24) is 19.7 Å². The normalized spacial score (nSPS) is 11.3. The van der Waals surface area contributed by atoms with Gasteiger partial charge in [0.1, 0.15) is 11.8 Å². The highest BCUT2D eigenvalue weighted by atomic mass is 16.6. The quantitative estimate of drug-likeness (QED) is 0.229. The van der Waals surface area contributed by atoms with Crippen LogP contribution in [0.4, 0.5) is 5.69 Å². The Morgan fingerprint density at radius 1 is 1.06 bits per heavy atom. The van der Waals surface area contributed by atoms with Crippen molar-refractivity contribution in [3.05, 3.63) is 117 Å². The lowest BCUT2D eigenvalue weighted by atomic mass is 10.1. The van der Waals surface area contributed by atoms with Gasteiger partial charge in [0.25, 0.3) is 11.2 Å². The van der Waals surface area contributed by atoms with E-state index in [9.17, 15) is 20.2 Å². The molecule has 2 aromatic heterocycles. The molecule has 2 heterocycles. The van der Waals surface area contributed by atoms with E-state index in [4.69, 9.17) is 0 Å². The largest absolute Gasteiger partial charge is 0.305 e. The van der Waals surface area contributed by atoms with Crippen molar-refractivity contribution in [2.24, 2.45) is 0 Å². The molecule has 0 amide bonds. The van der Waals surface area contributed by atoms with Crippen molar-refractivity contribution in [1.29, 1.82) is 5.26 Å². The van der Waals surface area contributed by atoms with Crippen molar-refractivity contribution >= 4 is 28.2 Å². The van der Waals surface area contributed by atoms with E-state index in [0.29, 0.717) is 27.7 Å². The first-order valence-corrected chi connectivity index (χ1v) is 10.5. The standard InChI is InChI=1S/C26H16N6O3/c27-15-18(25-28-23-12-5-4-11-22(23)26(33)29-25)13-19-16-31(20-8-2-1-3-9-20)30-24(19)17-7-6-10-21(14-17)32(34)35/h1-14,16H,(H,28,29,33). The first-order valence-electron chi connectivity index (χ1n) is 10.5. The fourth-order valence-corrected chi connectivity index (χ4v) is 3.72. The number of hydrogen-bond acceptors (Lipinski definition) is 6. The zero-order chi connectivity index (χ0) is 24.4. The van der Waals surface area contributed by atoms with E-state index in [2.05, 4.69) is 21.1 Å². The number of nitrogens with one attached hydrogen (secondary N) is 1. The number of hydrogen-bond donors (Lipinski definition) is 1. The molecule has 35 heavy (non-hydrogen) atoms. The van der Waals surface area contributed by atoms with Crippen LogP contribution in [0.15, 0.2) is 89.9 Å². The second kappa shape index (κ2) is 8.88. The minimum Gasteiger partial charge on any atom is -0.305 e. The van der Waals surface area contributed by atoms with Crippen LogP contribution in [-0.4, -0.2) is 24.7 Å². The number of nitriles is 1. The first kappa shape index (κ1) is 21.5. The molecule has 0 saturated heterocycles. The average molecular weight is 460 g/mol. The topological polar surface area (TPSA) is 130 Å². The number of nitro groups is 1. The molecule has 0 saturated carbocycles. The van der Waals surface area contributed by atoms with E-state index in [-0.39, 0.29) is 22.6 Å². The van der Waals surface area contributed by atoms with Gasteiger partial charge >= 0.3 is 0 Å². The minimum atomic E-state index is -0.475. The molecule has 0 aliphatic carbocycles. The van der Waals surface area contributed by atoms with Crippen molar-refractivity contribution in [2.45, 2.75) is 0 Å². The van der Waals surface area contributed by atoms with Crippen LogP contribution in [0.2, 0.25) is 0 Å². The highest BCUT2D eigenvalue weighted by Gasteiger charge is 2.16. The summed E-state index contributed by atoms with van der Waals surface area (Å²) in [5.41, 5.74) is 2.40. The molecule has 0 atom stereocenters. The van der Waals surface area contributed by atoms with Crippen LogP contribution in [0.5, 0.6) is 0 Å². The lowest BCUT2D eigenvalue weighted by molar-refractivity contribution is -0.384. The molecule has 1 N–H and O–H groups in total. The Morgan fingerprint density at radius 2 is 1.83 bits per heavy atom. The summed E-state index contributed by atoms with van der Waals surface area (Å²) in [6.45, 7) is 0. The number of benzene rings is 3. The van der Waals surface area contributed by atoms with Crippen molar-refractivity contribution in [3.63, 3.8) is 0 Å². The number of aromatic nitrogens is 4. The summed E-state index contributed by atoms with van der Waals surface area (Å²) in [7, 11) is 0. The van der Waals surface area contributed by atoms with Crippen LogP contribution in [0, 0.1) is 21.4 Å². The second-order valence-corrected chi connectivity index (χ2v) is 7.62. The van der Waals surface area contributed by atoms with Gasteiger partial charge in [-0.1, -0.05) is 42.5 Å². The maximum absolute atomic E-state index is 12.5. The number of fused-ring (bicyclic) bond motifs is 1. The maximum Gasteiger partial charge on any atom is 0.270 e. The average Bonchev–Trinajstić information content (AvgIpc) is 3.32. The SMILES string of the molecule is N#CC(=Cc1cn(-c2ccccc2)nc1-c1cccc([N+](=O)[O-])c1)c1nc2ccccc2c(=O)[nH]1. The van der Waals surface area contributed by atoms with Gasteiger partial charge in [0, 0.05) is 29.5 Å². The fraction of sp³-hybridized carbons (Fsp3) is 0. The van der Waals surface area contributed by atoms with E-state index in [1.54, 1.807) is 53.4 Å². The Bertz CT molecular complexity index is 1710. The molecule has 168 valence electrons. The van der Waals surface area contributed by atoms with Crippen LogP contribution in [-0.2, 0) is 0 Å². The van der Waals surface area contributed by atoms with Crippen LogP contribution < -0.4 is 5.56 Å². The van der Waals surface area contributed by atoms with Gasteiger partial charge < -0.3 is 4.98 Å². The highest BCUT2D eigenvalue weighted by molar-refractivity contribution is 5.91. The summed E-state index contributed by atoms with van der Waals surface area (Å²) in [5.74, 6) is 0.119. The molecule has 0 unspecified atom stereocenters. The Balaban J connectivity index is 1.70. The van der Waals surface area contributed by atoms with Gasteiger partial charge in [0.2, 0.25) is 0 Å². The van der Waals surface area contributed by atoms with Gasteiger partial charge in [-0.05, 0) is 30.3 Å². The van der Waals surface area contributed by atoms with Crippen LogP contribution >= 0.6 is 0 Å². The molecule has 0 fully saturated rings. The molecular formula is C26H16N6O3. The van der Waals surface area contributed by atoms with E-state index < -0.39 is 4.92 Å². The third-order valence-electron chi connectivity index (χ3n) is 5.38. The molecule has 9 nitrogen and oxygen atoms in total. The van der Waals surface area contributed by atoms with Crippen LogP contribution in [0.3, 0.4) is 0 Å². The second-order valence-electron chi connectivity index (χ2n) is 7.62. The molecule has 5 rings (SSSR count). The molecule has 0 spiro atoms.